The van der Waals surface area contributed by atoms with Gasteiger partial charge < -0.3 is 29.0 Å². The van der Waals surface area contributed by atoms with Gasteiger partial charge in [0.2, 0.25) is 12.2 Å². The zero-order valence-electron chi connectivity index (χ0n) is 20.9. The zero-order chi connectivity index (χ0) is 27.4. The molecule has 39 heavy (non-hydrogen) atoms. The van der Waals surface area contributed by atoms with Gasteiger partial charge in [0.1, 0.15) is 24.0 Å². The molecule has 0 radical (unpaired) electrons. The molecular formula is C28H26N2O9. The fourth-order valence-corrected chi connectivity index (χ4v) is 4.53. The Morgan fingerprint density at radius 1 is 0.949 bits per heavy atom. The Morgan fingerprint density at radius 2 is 1.62 bits per heavy atom. The lowest BCUT2D eigenvalue weighted by Crippen LogP contribution is -2.68. The summed E-state index contributed by atoms with van der Waals surface area (Å²) in [5, 5.41) is 13.8. The van der Waals surface area contributed by atoms with E-state index in [1.807, 2.05) is 30.3 Å². The van der Waals surface area contributed by atoms with Gasteiger partial charge in [-0.3, -0.25) is 14.9 Å². The van der Waals surface area contributed by atoms with Gasteiger partial charge in [-0.05, 0) is 24.3 Å². The Balaban J connectivity index is 1.46. The minimum Gasteiger partial charge on any atom is -0.463 e. The van der Waals surface area contributed by atoms with Crippen molar-refractivity contribution in [3.63, 3.8) is 0 Å². The monoisotopic (exact) mass is 534 g/mol. The number of carbonyl (C=O) groups excluding carboxylic acids is 2. The zero-order valence-corrected chi connectivity index (χ0v) is 20.9. The number of nitro benzene ring substituents is 1. The maximum Gasteiger partial charge on any atom is 0.338 e. The maximum atomic E-state index is 13.2. The van der Waals surface area contributed by atoms with Crippen LogP contribution < -0.4 is 10.1 Å². The molecule has 0 aromatic heterocycles. The Hall–Kier alpha value is -4.32. The van der Waals surface area contributed by atoms with Gasteiger partial charge in [0.25, 0.3) is 5.69 Å². The number of hydrogen-bond donors (Lipinski definition) is 1. The quantitative estimate of drug-likeness (QED) is 0.274. The highest BCUT2D eigenvalue weighted by atomic mass is 16.8. The second kappa shape index (κ2) is 11.6. The van der Waals surface area contributed by atoms with E-state index in [-0.39, 0.29) is 18.0 Å². The highest BCUT2D eigenvalue weighted by molar-refractivity contribution is 5.89. The summed E-state index contributed by atoms with van der Waals surface area (Å²) in [7, 11) is 0. The molecule has 2 heterocycles. The Kier molecular flexibility index (Phi) is 7.82. The van der Waals surface area contributed by atoms with Gasteiger partial charge in [0, 0.05) is 24.6 Å². The molecule has 11 nitrogen and oxygen atoms in total. The van der Waals surface area contributed by atoms with Crippen LogP contribution in [0.2, 0.25) is 0 Å². The van der Waals surface area contributed by atoms with Crippen molar-refractivity contribution in [2.45, 2.75) is 43.9 Å². The molecule has 3 aromatic carbocycles. The van der Waals surface area contributed by atoms with E-state index in [0.29, 0.717) is 5.56 Å². The molecule has 0 spiro atoms. The maximum absolute atomic E-state index is 13.2. The average molecular weight is 535 g/mol. The molecule has 0 saturated carbocycles. The lowest BCUT2D eigenvalue weighted by molar-refractivity contribution is -0.384. The smallest absolute Gasteiger partial charge is 0.338 e. The van der Waals surface area contributed by atoms with Crippen molar-refractivity contribution in [3.8, 4) is 5.75 Å². The van der Waals surface area contributed by atoms with Crippen molar-refractivity contribution >= 4 is 17.6 Å². The Labute approximate surface area is 223 Å². The van der Waals surface area contributed by atoms with Crippen LogP contribution in [0.5, 0.6) is 5.75 Å². The molecule has 5 rings (SSSR count). The number of fused-ring (bicyclic) bond motifs is 1. The van der Waals surface area contributed by atoms with Gasteiger partial charge in [-0.1, -0.05) is 48.5 Å². The summed E-state index contributed by atoms with van der Waals surface area (Å²) in [4.78, 5) is 36.0. The number of hydrogen-bond acceptors (Lipinski definition) is 9. The standard InChI is InChI=1S/C28H26N2O9/c1-17(31)29-23-25(38-26(32)18-8-4-2-5-9-18)24-22(16-35-27(39-24)19-10-6-3-7-11-19)37-28(23)36-21-14-12-20(13-15-21)30(33)34/h2-15,22-25,27-28H,16H2,1H3,(H,29,31)/t22-,23-,24+,25-,27+,28+/m1/s1. The summed E-state index contributed by atoms with van der Waals surface area (Å²) in [6.45, 7) is 1.42. The molecule has 0 aliphatic carbocycles. The number of nitrogens with one attached hydrogen (secondary N) is 1. The first-order valence-electron chi connectivity index (χ1n) is 12.3. The summed E-state index contributed by atoms with van der Waals surface area (Å²) in [5.41, 5.74) is 0.979. The van der Waals surface area contributed by atoms with Crippen molar-refractivity contribution in [1.29, 1.82) is 0 Å². The van der Waals surface area contributed by atoms with Gasteiger partial charge in [-0.15, -0.1) is 0 Å². The number of esters is 1. The molecule has 1 amide bonds. The van der Waals surface area contributed by atoms with E-state index in [0.717, 1.165) is 5.56 Å². The van der Waals surface area contributed by atoms with Crippen molar-refractivity contribution in [3.05, 3.63) is 106 Å². The predicted molar refractivity (Wildman–Crippen MR) is 136 cm³/mol. The van der Waals surface area contributed by atoms with Gasteiger partial charge in [-0.25, -0.2) is 4.79 Å². The van der Waals surface area contributed by atoms with Crippen LogP contribution in [0.3, 0.4) is 0 Å². The number of nitrogens with zero attached hydrogens (tertiary/aromatic N) is 1. The molecule has 3 aromatic rings. The van der Waals surface area contributed by atoms with E-state index in [1.165, 1.54) is 31.2 Å². The fourth-order valence-electron chi connectivity index (χ4n) is 4.53. The number of nitro groups is 1. The number of amides is 1. The molecule has 6 atom stereocenters. The van der Waals surface area contributed by atoms with Gasteiger partial charge >= 0.3 is 5.97 Å². The van der Waals surface area contributed by atoms with Crippen LogP contribution in [-0.4, -0.2) is 54.1 Å². The fraction of sp³-hybridized carbons (Fsp3) is 0.286. The normalized spacial score (nSPS) is 26.1. The molecule has 1 N–H and O–H groups in total. The van der Waals surface area contributed by atoms with Crippen molar-refractivity contribution in [1.82, 2.24) is 5.32 Å². The number of benzene rings is 3. The van der Waals surface area contributed by atoms with Crippen LogP contribution in [0.15, 0.2) is 84.9 Å². The summed E-state index contributed by atoms with van der Waals surface area (Å²) in [5.74, 6) is -0.767. The lowest BCUT2D eigenvalue weighted by atomic mass is 9.95. The molecule has 0 bridgehead atoms. The largest absolute Gasteiger partial charge is 0.463 e. The van der Waals surface area contributed by atoms with Crippen molar-refractivity contribution in [2.75, 3.05) is 6.61 Å². The van der Waals surface area contributed by atoms with Crippen LogP contribution in [0.25, 0.3) is 0 Å². The van der Waals surface area contributed by atoms with Gasteiger partial charge in [0.15, 0.2) is 12.4 Å². The van der Waals surface area contributed by atoms with Crippen LogP contribution in [-0.2, 0) is 23.7 Å². The second-order valence-corrected chi connectivity index (χ2v) is 9.05. The second-order valence-electron chi connectivity index (χ2n) is 9.05. The molecule has 2 fully saturated rings. The molecule has 2 saturated heterocycles. The summed E-state index contributed by atoms with van der Waals surface area (Å²) >= 11 is 0. The first-order valence-corrected chi connectivity index (χ1v) is 12.3. The van der Waals surface area contributed by atoms with Crippen LogP contribution in [0.4, 0.5) is 5.69 Å². The van der Waals surface area contributed by atoms with E-state index in [2.05, 4.69) is 5.32 Å². The molecule has 202 valence electrons. The SMILES string of the molecule is CC(=O)N[C@H]1[C@@H](Oc2ccc([N+](=O)[O-])cc2)O[C@@H]2CO[C@H](c3ccccc3)O[C@@H]2[C@@H]1OC(=O)c1ccccc1. The first kappa shape index (κ1) is 26.3. The summed E-state index contributed by atoms with van der Waals surface area (Å²) in [6.07, 6.45) is -4.44. The van der Waals surface area contributed by atoms with E-state index in [9.17, 15) is 19.7 Å². The van der Waals surface area contributed by atoms with E-state index >= 15 is 0 Å². The number of non-ortho nitro benzene ring substituents is 1. The molecule has 0 unspecified atom stereocenters. The summed E-state index contributed by atoms with van der Waals surface area (Å²) < 4.78 is 30.4. The third-order valence-corrected chi connectivity index (χ3v) is 6.33. The lowest BCUT2D eigenvalue weighted by Gasteiger charge is -2.48. The van der Waals surface area contributed by atoms with Crippen LogP contribution in [0.1, 0.15) is 29.1 Å². The molecule has 11 heteroatoms. The number of ether oxygens (including phenoxy) is 5. The third kappa shape index (κ3) is 6.06. The predicted octanol–water partition coefficient (Wildman–Crippen LogP) is 3.54. The number of rotatable bonds is 7. The molecule has 2 aliphatic rings. The summed E-state index contributed by atoms with van der Waals surface area (Å²) in [6, 6.07) is 22.2. The minimum atomic E-state index is -1.13. The highest BCUT2D eigenvalue weighted by Gasteiger charge is 2.53. The highest BCUT2D eigenvalue weighted by Crippen LogP contribution is 2.36. The molecular weight excluding hydrogens is 508 g/mol. The topological polar surface area (TPSA) is 135 Å². The average Bonchev–Trinajstić information content (AvgIpc) is 2.95. The minimum absolute atomic E-state index is 0.0938. The number of carbonyl (C=O) groups is 2. The first-order chi connectivity index (χ1) is 18.9. The third-order valence-electron chi connectivity index (χ3n) is 6.33. The van der Waals surface area contributed by atoms with Gasteiger partial charge in [0.05, 0.1) is 17.1 Å². The van der Waals surface area contributed by atoms with Gasteiger partial charge in [-0.2, -0.15) is 0 Å². The van der Waals surface area contributed by atoms with E-state index in [1.54, 1.807) is 30.3 Å². The molecule has 2 aliphatic heterocycles. The Bertz CT molecular complexity index is 1300. The van der Waals surface area contributed by atoms with E-state index in [4.69, 9.17) is 23.7 Å². The van der Waals surface area contributed by atoms with Crippen molar-refractivity contribution < 1.29 is 38.2 Å². The van der Waals surface area contributed by atoms with Crippen LogP contribution in [0, 0.1) is 10.1 Å². The van der Waals surface area contributed by atoms with E-state index < -0.39 is 53.7 Å². The van der Waals surface area contributed by atoms with Crippen molar-refractivity contribution in [2.24, 2.45) is 0 Å². The Morgan fingerprint density at radius 3 is 2.26 bits per heavy atom. The van der Waals surface area contributed by atoms with Crippen LogP contribution >= 0.6 is 0 Å².